The van der Waals surface area contributed by atoms with E-state index in [1.165, 1.54) is 7.11 Å². The van der Waals surface area contributed by atoms with Crippen LogP contribution in [0.25, 0.3) is 10.8 Å². The van der Waals surface area contributed by atoms with Crippen LogP contribution in [0, 0.1) is 6.92 Å². The van der Waals surface area contributed by atoms with Crippen LogP contribution in [0.5, 0.6) is 5.75 Å². The quantitative estimate of drug-likeness (QED) is 0.838. The summed E-state index contributed by atoms with van der Waals surface area (Å²) in [4.78, 5) is 15.3. The lowest BCUT2D eigenvalue weighted by Gasteiger charge is -2.09. The van der Waals surface area contributed by atoms with Gasteiger partial charge >= 0.3 is 5.97 Å². The minimum atomic E-state index is -0.993. The van der Waals surface area contributed by atoms with E-state index in [-0.39, 0.29) is 5.56 Å². The number of aromatic carboxylic acids is 1. The number of pyridine rings is 1. The van der Waals surface area contributed by atoms with Crippen molar-refractivity contribution in [2.45, 2.75) is 6.92 Å². The zero-order chi connectivity index (χ0) is 11.7. The van der Waals surface area contributed by atoms with Gasteiger partial charge in [-0.3, -0.25) is 4.98 Å². The minimum absolute atomic E-state index is 0.186. The van der Waals surface area contributed by atoms with Crippen molar-refractivity contribution in [1.82, 2.24) is 4.98 Å². The van der Waals surface area contributed by atoms with E-state index < -0.39 is 5.97 Å². The van der Waals surface area contributed by atoms with E-state index in [0.717, 1.165) is 11.1 Å². The van der Waals surface area contributed by atoms with Crippen LogP contribution >= 0.6 is 0 Å². The number of carbonyl (C=O) groups is 1. The van der Waals surface area contributed by atoms with Gasteiger partial charge in [0.05, 0.1) is 7.11 Å². The second kappa shape index (κ2) is 3.81. The van der Waals surface area contributed by atoms with Crippen LogP contribution < -0.4 is 4.74 Å². The number of ether oxygens (including phenoxy) is 1. The lowest BCUT2D eigenvalue weighted by molar-refractivity contribution is 0.0695. The topological polar surface area (TPSA) is 59.4 Å². The van der Waals surface area contributed by atoms with E-state index in [1.807, 2.05) is 13.0 Å². The first-order chi connectivity index (χ1) is 7.65. The van der Waals surface area contributed by atoms with Crippen LogP contribution in [0.3, 0.4) is 0 Å². The number of aryl methyl sites for hydroxylation is 1. The molecule has 0 fully saturated rings. The highest BCUT2D eigenvalue weighted by Crippen LogP contribution is 2.28. The van der Waals surface area contributed by atoms with Crippen molar-refractivity contribution in [3.05, 3.63) is 35.7 Å². The molecule has 1 heterocycles. The second-order valence-corrected chi connectivity index (χ2v) is 3.44. The first kappa shape index (κ1) is 10.4. The molecule has 0 spiro atoms. The Morgan fingerprint density at radius 2 is 2.06 bits per heavy atom. The molecule has 2 aromatic rings. The number of nitrogens with zero attached hydrogens (tertiary/aromatic N) is 1. The van der Waals surface area contributed by atoms with Crippen molar-refractivity contribution >= 4 is 16.7 Å². The molecule has 0 aliphatic rings. The standard InChI is InChI=1S/C12H11NO3/c1-7-8-3-4-10(16-2)11(12(14)15)9(8)5-6-13-7/h3-6H,1-2H3,(H,14,15). The monoisotopic (exact) mass is 217 g/mol. The summed E-state index contributed by atoms with van der Waals surface area (Å²) in [6.07, 6.45) is 1.60. The van der Waals surface area contributed by atoms with Gasteiger partial charge in [-0.05, 0) is 25.1 Å². The van der Waals surface area contributed by atoms with Gasteiger partial charge < -0.3 is 9.84 Å². The fraction of sp³-hybridized carbons (Fsp3) is 0.167. The second-order valence-electron chi connectivity index (χ2n) is 3.44. The normalized spacial score (nSPS) is 10.4. The van der Waals surface area contributed by atoms with Gasteiger partial charge in [-0.2, -0.15) is 0 Å². The third kappa shape index (κ3) is 1.48. The first-order valence-corrected chi connectivity index (χ1v) is 4.80. The lowest BCUT2D eigenvalue weighted by atomic mass is 10.0. The van der Waals surface area contributed by atoms with Crippen molar-refractivity contribution in [1.29, 1.82) is 0 Å². The molecular weight excluding hydrogens is 206 g/mol. The molecule has 82 valence electrons. The Balaban J connectivity index is 2.90. The van der Waals surface area contributed by atoms with Crippen LogP contribution in [-0.2, 0) is 0 Å². The summed E-state index contributed by atoms with van der Waals surface area (Å²) in [5.41, 5.74) is 0.994. The Hall–Kier alpha value is -2.10. The molecule has 0 aliphatic heterocycles. The predicted octanol–water partition coefficient (Wildman–Crippen LogP) is 2.25. The van der Waals surface area contributed by atoms with E-state index in [2.05, 4.69) is 4.98 Å². The van der Waals surface area contributed by atoms with E-state index >= 15 is 0 Å². The van der Waals surface area contributed by atoms with Crippen molar-refractivity contribution in [2.75, 3.05) is 7.11 Å². The Labute approximate surface area is 92.5 Å². The molecule has 0 radical (unpaired) electrons. The molecule has 16 heavy (non-hydrogen) atoms. The maximum atomic E-state index is 11.2. The van der Waals surface area contributed by atoms with Gasteiger partial charge in [0.1, 0.15) is 11.3 Å². The molecular formula is C12H11NO3. The third-order valence-electron chi connectivity index (χ3n) is 2.54. The Morgan fingerprint density at radius 1 is 1.31 bits per heavy atom. The van der Waals surface area contributed by atoms with Crippen molar-refractivity contribution in [3.63, 3.8) is 0 Å². The Morgan fingerprint density at radius 3 is 2.69 bits per heavy atom. The lowest BCUT2D eigenvalue weighted by Crippen LogP contribution is -2.02. The van der Waals surface area contributed by atoms with E-state index in [4.69, 9.17) is 4.74 Å². The van der Waals surface area contributed by atoms with Gasteiger partial charge in [0.25, 0.3) is 0 Å². The highest BCUT2D eigenvalue weighted by molar-refractivity contribution is 6.06. The third-order valence-corrected chi connectivity index (χ3v) is 2.54. The Bertz CT molecular complexity index is 563. The van der Waals surface area contributed by atoms with Gasteiger partial charge in [0.15, 0.2) is 0 Å². The summed E-state index contributed by atoms with van der Waals surface area (Å²) >= 11 is 0. The molecule has 0 aliphatic carbocycles. The van der Waals surface area contributed by atoms with Crippen molar-refractivity contribution in [2.24, 2.45) is 0 Å². The zero-order valence-electron chi connectivity index (χ0n) is 9.02. The maximum absolute atomic E-state index is 11.2. The van der Waals surface area contributed by atoms with Gasteiger partial charge in [-0.25, -0.2) is 4.79 Å². The Kier molecular flexibility index (Phi) is 2.48. The number of fused-ring (bicyclic) bond motifs is 1. The summed E-state index contributed by atoms with van der Waals surface area (Å²) in [7, 11) is 1.46. The molecule has 0 amide bonds. The SMILES string of the molecule is COc1ccc2c(C)nccc2c1C(=O)O. The number of hydrogen-bond donors (Lipinski definition) is 1. The summed E-state index contributed by atoms with van der Waals surface area (Å²) in [5.74, 6) is -0.626. The zero-order valence-corrected chi connectivity index (χ0v) is 9.02. The summed E-state index contributed by atoms with van der Waals surface area (Å²) in [5, 5.41) is 10.7. The predicted molar refractivity (Wildman–Crippen MR) is 60.0 cm³/mol. The number of benzene rings is 1. The van der Waals surface area contributed by atoms with Crippen LogP contribution in [0.15, 0.2) is 24.4 Å². The number of aromatic nitrogens is 1. The molecule has 2 rings (SSSR count). The van der Waals surface area contributed by atoms with Crippen molar-refractivity contribution in [3.8, 4) is 5.75 Å². The molecule has 0 unspecified atom stereocenters. The number of carboxylic acid groups (broad SMARTS) is 1. The van der Waals surface area contributed by atoms with Crippen molar-refractivity contribution < 1.29 is 14.6 Å². The molecule has 1 aromatic carbocycles. The average Bonchev–Trinajstić information content (AvgIpc) is 2.27. The number of hydrogen-bond acceptors (Lipinski definition) is 3. The van der Waals surface area contributed by atoms with Gasteiger partial charge in [-0.15, -0.1) is 0 Å². The van der Waals surface area contributed by atoms with Gasteiger partial charge in [-0.1, -0.05) is 0 Å². The molecule has 0 atom stereocenters. The molecule has 4 nitrogen and oxygen atoms in total. The summed E-state index contributed by atoms with van der Waals surface area (Å²) in [6.45, 7) is 1.85. The largest absolute Gasteiger partial charge is 0.496 e. The maximum Gasteiger partial charge on any atom is 0.340 e. The average molecular weight is 217 g/mol. The molecule has 1 aromatic heterocycles. The molecule has 1 N–H and O–H groups in total. The van der Waals surface area contributed by atoms with Crippen LogP contribution in [0.2, 0.25) is 0 Å². The summed E-state index contributed by atoms with van der Waals surface area (Å²) in [6, 6.07) is 5.16. The van der Waals surface area contributed by atoms with Crippen LogP contribution in [0.1, 0.15) is 16.1 Å². The molecule has 0 saturated carbocycles. The molecule has 4 heteroatoms. The van der Waals surface area contributed by atoms with Crippen LogP contribution in [0.4, 0.5) is 0 Å². The van der Waals surface area contributed by atoms with Gasteiger partial charge in [0.2, 0.25) is 0 Å². The van der Waals surface area contributed by atoms with Crippen LogP contribution in [-0.4, -0.2) is 23.2 Å². The number of rotatable bonds is 2. The number of carboxylic acids is 1. The van der Waals surface area contributed by atoms with E-state index in [9.17, 15) is 9.90 Å². The minimum Gasteiger partial charge on any atom is -0.496 e. The van der Waals surface area contributed by atoms with E-state index in [1.54, 1.807) is 18.3 Å². The highest BCUT2D eigenvalue weighted by atomic mass is 16.5. The fourth-order valence-electron chi connectivity index (χ4n) is 1.77. The first-order valence-electron chi connectivity index (χ1n) is 4.80. The number of methoxy groups -OCH3 is 1. The smallest absolute Gasteiger partial charge is 0.340 e. The van der Waals surface area contributed by atoms with E-state index in [0.29, 0.717) is 11.1 Å². The van der Waals surface area contributed by atoms with Gasteiger partial charge in [0, 0.05) is 22.7 Å². The molecule has 0 bridgehead atoms. The molecule has 0 saturated heterocycles. The summed E-state index contributed by atoms with van der Waals surface area (Å²) < 4.78 is 5.05. The fourth-order valence-corrected chi connectivity index (χ4v) is 1.77. The highest BCUT2D eigenvalue weighted by Gasteiger charge is 2.15.